The zero-order chi connectivity index (χ0) is 20.7. The molecule has 0 amide bonds. The van der Waals surface area contributed by atoms with Crippen molar-refractivity contribution < 1.29 is 41.3 Å². The number of nitrogens with zero attached hydrogens (tertiary/aromatic N) is 1. The minimum Gasteiger partial charge on any atom is -0.503 e. The molecular weight excluding hydrogens is 392 g/mol. The van der Waals surface area contributed by atoms with Crippen LogP contribution in [0.15, 0.2) is 54.6 Å². The van der Waals surface area contributed by atoms with Crippen LogP contribution in [0.2, 0.25) is 0 Å². The number of alkyl halides is 6. The molecule has 0 fully saturated rings. The smallest absolute Gasteiger partial charge is 0.503 e. The summed E-state index contributed by atoms with van der Waals surface area (Å²) < 4.78 is 80.3. The SMILES string of the molecule is Oc1cc(-c2cccc(OC(F)(F)F)c2)n(-c2ccc(C(F)(F)F)cc2)c1O. The Morgan fingerprint density at radius 1 is 0.821 bits per heavy atom. The van der Waals surface area contributed by atoms with E-state index in [0.29, 0.717) is 0 Å². The third-order valence-corrected chi connectivity index (χ3v) is 3.77. The van der Waals surface area contributed by atoms with Gasteiger partial charge in [-0.3, -0.25) is 4.57 Å². The van der Waals surface area contributed by atoms with E-state index in [1.807, 2.05) is 0 Å². The predicted octanol–water partition coefficient (Wildman–Crippen LogP) is 5.47. The molecule has 0 spiro atoms. The average Bonchev–Trinajstić information content (AvgIpc) is 2.88. The molecule has 148 valence electrons. The van der Waals surface area contributed by atoms with Gasteiger partial charge in [-0.15, -0.1) is 13.2 Å². The van der Waals surface area contributed by atoms with Crippen LogP contribution in [-0.4, -0.2) is 21.1 Å². The summed E-state index contributed by atoms with van der Waals surface area (Å²) in [5, 5.41) is 19.9. The highest BCUT2D eigenvalue weighted by molar-refractivity contribution is 5.69. The molecule has 0 bridgehead atoms. The zero-order valence-electron chi connectivity index (χ0n) is 13.7. The number of aromatic hydroxyl groups is 2. The Hall–Kier alpha value is -3.30. The van der Waals surface area contributed by atoms with E-state index in [4.69, 9.17) is 0 Å². The van der Waals surface area contributed by atoms with E-state index in [0.717, 1.165) is 47.0 Å². The van der Waals surface area contributed by atoms with E-state index in [1.165, 1.54) is 12.1 Å². The number of ether oxygens (including phenoxy) is 1. The summed E-state index contributed by atoms with van der Waals surface area (Å²) in [6.45, 7) is 0. The van der Waals surface area contributed by atoms with Gasteiger partial charge in [0, 0.05) is 17.3 Å². The molecule has 3 rings (SSSR count). The van der Waals surface area contributed by atoms with E-state index in [-0.39, 0.29) is 16.9 Å². The molecular formula is C18H11F6NO3. The van der Waals surface area contributed by atoms with E-state index in [1.54, 1.807) is 0 Å². The lowest BCUT2D eigenvalue weighted by atomic mass is 10.1. The molecule has 0 radical (unpaired) electrons. The maximum Gasteiger partial charge on any atom is 0.573 e. The first-order valence-electron chi connectivity index (χ1n) is 7.63. The first kappa shape index (κ1) is 19.5. The molecule has 0 aliphatic rings. The van der Waals surface area contributed by atoms with Crippen molar-refractivity contribution in [3.05, 3.63) is 60.2 Å². The number of aromatic nitrogens is 1. The van der Waals surface area contributed by atoms with Crippen LogP contribution in [0.4, 0.5) is 26.3 Å². The van der Waals surface area contributed by atoms with Crippen molar-refractivity contribution in [1.82, 2.24) is 4.57 Å². The van der Waals surface area contributed by atoms with Crippen LogP contribution in [0.5, 0.6) is 17.4 Å². The van der Waals surface area contributed by atoms with Crippen LogP contribution in [-0.2, 0) is 6.18 Å². The van der Waals surface area contributed by atoms with Crippen LogP contribution in [0.25, 0.3) is 16.9 Å². The Morgan fingerprint density at radius 2 is 1.46 bits per heavy atom. The second-order valence-corrected chi connectivity index (χ2v) is 5.69. The molecule has 28 heavy (non-hydrogen) atoms. The maximum absolute atomic E-state index is 12.7. The van der Waals surface area contributed by atoms with Crippen molar-refractivity contribution >= 4 is 0 Å². The van der Waals surface area contributed by atoms with Gasteiger partial charge in [0.1, 0.15) is 5.75 Å². The van der Waals surface area contributed by atoms with Gasteiger partial charge in [0.15, 0.2) is 5.75 Å². The summed E-state index contributed by atoms with van der Waals surface area (Å²) in [6, 6.07) is 9.46. The van der Waals surface area contributed by atoms with Crippen molar-refractivity contribution in [3.8, 4) is 34.3 Å². The van der Waals surface area contributed by atoms with Crippen molar-refractivity contribution in [3.63, 3.8) is 0 Å². The fourth-order valence-electron chi connectivity index (χ4n) is 2.61. The molecule has 0 atom stereocenters. The summed E-state index contributed by atoms with van der Waals surface area (Å²) in [5.41, 5.74) is -0.697. The molecule has 0 saturated heterocycles. The molecule has 0 aliphatic carbocycles. The van der Waals surface area contributed by atoms with Gasteiger partial charge in [-0.1, -0.05) is 12.1 Å². The Labute approximate surface area is 153 Å². The van der Waals surface area contributed by atoms with Gasteiger partial charge in [0.25, 0.3) is 0 Å². The molecule has 4 nitrogen and oxygen atoms in total. The molecule has 10 heteroatoms. The lowest BCUT2D eigenvalue weighted by Crippen LogP contribution is -2.17. The van der Waals surface area contributed by atoms with Crippen LogP contribution in [0.1, 0.15) is 5.56 Å². The lowest BCUT2D eigenvalue weighted by molar-refractivity contribution is -0.274. The van der Waals surface area contributed by atoms with Gasteiger partial charge in [0.05, 0.1) is 11.3 Å². The van der Waals surface area contributed by atoms with Crippen LogP contribution in [0.3, 0.4) is 0 Å². The van der Waals surface area contributed by atoms with Crippen molar-refractivity contribution in [2.24, 2.45) is 0 Å². The van der Waals surface area contributed by atoms with Gasteiger partial charge in [0.2, 0.25) is 5.88 Å². The number of halogens is 6. The monoisotopic (exact) mass is 403 g/mol. The zero-order valence-corrected chi connectivity index (χ0v) is 13.7. The minimum atomic E-state index is -4.92. The fourth-order valence-corrected chi connectivity index (χ4v) is 2.61. The Kier molecular flexibility index (Phi) is 4.66. The minimum absolute atomic E-state index is 0.0439. The third-order valence-electron chi connectivity index (χ3n) is 3.77. The fraction of sp³-hybridized carbons (Fsp3) is 0.111. The highest BCUT2D eigenvalue weighted by Gasteiger charge is 2.32. The molecule has 2 aromatic carbocycles. The third kappa shape index (κ3) is 4.00. The number of hydrogen-bond donors (Lipinski definition) is 2. The van der Waals surface area contributed by atoms with E-state index in [9.17, 15) is 36.6 Å². The van der Waals surface area contributed by atoms with Gasteiger partial charge < -0.3 is 14.9 Å². The highest BCUT2D eigenvalue weighted by atomic mass is 19.4. The second kappa shape index (κ2) is 6.70. The van der Waals surface area contributed by atoms with Crippen molar-refractivity contribution in [2.45, 2.75) is 12.5 Å². The summed E-state index contributed by atoms with van der Waals surface area (Å²) in [6.07, 6.45) is -9.48. The Morgan fingerprint density at radius 3 is 2.04 bits per heavy atom. The molecule has 0 saturated carbocycles. The topological polar surface area (TPSA) is 54.6 Å². The van der Waals surface area contributed by atoms with Gasteiger partial charge in [-0.05, 0) is 36.4 Å². The first-order chi connectivity index (χ1) is 13.0. The highest BCUT2D eigenvalue weighted by Crippen LogP contribution is 2.39. The van der Waals surface area contributed by atoms with Crippen LogP contribution in [0, 0.1) is 0 Å². The molecule has 0 aliphatic heterocycles. The summed E-state index contributed by atoms with van der Waals surface area (Å²) in [5.74, 6) is -1.82. The average molecular weight is 403 g/mol. The molecule has 2 N–H and O–H groups in total. The molecule has 1 heterocycles. The number of hydrogen-bond acceptors (Lipinski definition) is 3. The standard InChI is InChI=1S/C18H11F6NO3/c19-17(20,21)11-4-6-12(7-5-11)25-14(9-15(26)16(25)27)10-2-1-3-13(8-10)28-18(22,23)24/h1-9,26-27H. The quantitative estimate of drug-likeness (QED) is 0.570. The first-order valence-corrected chi connectivity index (χ1v) is 7.63. The van der Waals surface area contributed by atoms with Gasteiger partial charge in [-0.25, -0.2) is 0 Å². The van der Waals surface area contributed by atoms with Crippen molar-refractivity contribution in [1.29, 1.82) is 0 Å². The molecule has 1 aromatic heterocycles. The largest absolute Gasteiger partial charge is 0.573 e. The summed E-state index contributed by atoms with van der Waals surface area (Å²) in [4.78, 5) is 0. The van der Waals surface area contributed by atoms with Crippen LogP contribution >= 0.6 is 0 Å². The lowest BCUT2D eigenvalue weighted by Gasteiger charge is -2.14. The van der Waals surface area contributed by atoms with E-state index < -0.39 is 35.5 Å². The van der Waals surface area contributed by atoms with Gasteiger partial charge >= 0.3 is 12.5 Å². The second-order valence-electron chi connectivity index (χ2n) is 5.69. The Balaban J connectivity index is 2.08. The molecule has 3 aromatic rings. The van der Waals surface area contributed by atoms with Crippen LogP contribution < -0.4 is 4.74 Å². The maximum atomic E-state index is 12.7. The number of benzene rings is 2. The van der Waals surface area contributed by atoms with E-state index >= 15 is 0 Å². The summed E-state index contributed by atoms with van der Waals surface area (Å²) >= 11 is 0. The predicted molar refractivity (Wildman–Crippen MR) is 86.2 cm³/mol. The molecule has 0 unspecified atom stereocenters. The number of rotatable bonds is 3. The summed E-state index contributed by atoms with van der Waals surface area (Å²) in [7, 11) is 0. The normalized spacial score (nSPS) is 12.2. The van der Waals surface area contributed by atoms with Gasteiger partial charge in [-0.2, -0.15) is 13.2 Å². The Bertz CT molecular complexity index is 990. The van der Waals surface area contributed by atoms with Crippen molar-refractivity contribution in [2.75, 3.05) is 0 Å². The van der Waals surface area contributed by atoms with E-state index in [2.05, 4.69) is 4.74 Å².